The predicted octanol–water partition coefficient (Wildman–Crippen LogP) is 4.06. The van der Waals surface area contributed by atoms with Crippen LogP contribution in [0.1, 0.15) is 5.56 Å². The monoisotopic (exact) mass is 389 g/mol. The number of aliphatic hydroxyl groups is 1. The van der Waals surface area contributed by atoms with Crippen LogP contribution in [0, 0.1) is 4.93 Å². The molecule has 0 aliphatic heterocycles. The van der Waals surface area contributed by atoms with Gasteiger partial charge < -0.3 is 27.7 Å². The molecule has 0 aliphatic carbocycles. The first-order valence-electron chi connectivity index (χ1n) is 4.94. The summed E-state index contributed by atoms with van der Waals surface area (Å²) in [5.41, 5.74) is 1.15. The second-order valence-corrected chi connectivity index (χ2v) is 3.15. The van der Waals surface area contributed by atoms with E-state index in [4.69, 9.17) is 5.11 Å². The van der Waals surface area contributed by atoms with Gasteiger partial charge in [-0.25, -0.2) is 0 Å². The molecule has 0 fully saturated rings. The average Bonchev–Trinajstić information content (AvgIpc) is 2.38. The van der Waals surface area contributed by atoms with Gasteiger partial charge in [0.15, 0.2) is 0 Å². The SMILES string of the molecule is OC/C=C/c1cccc2ccccc12.[CH2-]I.[Zn]. The number of hydrogen-bond donors (Lipinski definition) is 1. The third-order valence-corrected chi connectivity index (χ3v) is 2.23. The van der Waals surface area contributed by atoms with Crippen molar-refractivity contribution in [1.29, 1.82) is 0 Å². The van der Waals surface area contributed by atoms with E-state index in [1.807, 2.05) is 46.9 Å². The van der Waals surface area contributed by atoms with Crippen LogP contribution in [0.2, 0.25) is 0 Å². The molecule has 2 aromatic rings. The minimum absolute atomic E-state index is 0. The molecule has 17 heavy (non-hydrogen) atoms. The van der Waals surface area contributed by atoms with Gasteiger partial charge in [-0.3, -0.25) is 4.93 Å². The molecule has 0 spiro atoms. The van der Waals surface area contributed by atoms with Crippen LogP contribution in [0.25, 0.3) is 16.8 Å². The van der Waals surface area contributed by atoms with Crippen LogP contribution in [-0.2, 0) is 19.5 Å². The molecular formula is C14H14IOZn-. The van der Waals surface area contributed by atoms with Crippen LogP contribution in [0.3, 0.4) is 0 Å². The first kappa shape index (κ1) is 16.8. The fourth-order valence-electron chi connectivity index (χ4n) is 1.58. The van der Waals surface area contributed by atoms with Gasteiger partial charge in [0.05, 0.1) is 6.61 Å². The van der Waals surface area contributed by atoms with Crippen molar-refractivity contribution in [2.24, 2.45) is 0 Å². The fraction of sp³-hybridized carbons (Fsp3) is 0.0714. The number of rotatable bonds is 2. The zero-order valence-electron chi connectivity index (χ0n) is 9.64. The number of halogens is 1. The van der Waals surface area contributed by atoms with Crippen molar-refractivity contribution in [1.82, 2.24) is 0 Å². The molecule has 0 radical (unpaired) electrons. The molecule has 0 saturated carbocycles. The second-order valence-electron chi connectivity index (χ2n) is 3.15. The molecule has 0 atom stereocenters. The van der Waals surface area contributed by atoms with Crippen LogP contribution in [0.4, 0.5) is 0 Å². The van der Waals surface area contributed by atoms with Crippen molar-refractivity contribution in [2.75, 3.05) is 6.61 Å². The molecule has 1 nitrogen and oxygen atoms in total. The molecule has 0 aliphatic rings. The fourth-order valence-corrected chi connectivity index (χ4v) is 1.58. The van der Waals surface area contributed by atoms with Gasteiger partial charge in [0.2, 0.25) is 0 Å². The summed E-state index contributed by atoms with van der Waals surface area (Å²) in [6, 6.07) is 14.4. The van der Waals surface area contributed by atoms with Crippen molar-refractivity contribution in [3.05, 3.63) is 59.0 Å². The maximum atomic E-state index is 8.71. The van der Waals surface area contributed by atoms with Gasteiger partial charge in [0.1, 0.15) is 0 Å². The second kappa shape index (κ2) is 9.75. The van der Waals surface area contributed by atoms with Crippen LogP contribution in [-0.4, -0.2) is 11.7 Å². The standard InChI is InChI=1S/C13H12O.CH2I.Zn/c14-10-4-8-12-7-3-6-11-5-1-2-9-13(11)12;1-2;/h1-9,14H,10H2;1H2;/q;-1;/b8-4+;;. The number of aliphatic hydroxyl groups excluding tert-OH is 1. The molecule has 0 aromatic heterocycles. The molecule has 86 valence electrons. The van der Waals surface area contributed by atoms with Gasteiger partial charge in [-0.05, 0) is 16.3 Å². The summed E-state index contributed by atoms with van der Waals surface area (Å²) in [6.45, 7) is 0.0865. The Hall–Kier alpha value is -0.247. The molecule has 1 N–H and O–H groups in total. The Kier molecular flexibility index (Phi) is 9.61. The van der Waals surface area contributed by atoms with E-state index in [0.29, 0.717) is 0 Å². The Labute approximate surface area is 129 Å². The van der Waals surface area contributed by atoms with E-state index in [9.17, 15) is 0 Å². The first-order valence-corrected chi connectivity index (χ1v) is 6.46. The van der Waals surface area contributed by atoms with Crippen molar-refractivity contribution in [2.45, 2.75) is 0 Å². The molecule has 0 heterocycles. The van der Waals surface area contributed by atoms with Gasteiger partial charge in [-0.1, -0.05) is 54.6 Å². The van der Waals surface area contributed by atoms with E-state index >= 15 is 0 Å². The van der Waals surface area contributed by atoms with Crippen molar-refractivity contribution >= 4 is 39.4 Å². The van der Waals surface area contributed by atoms with Gasteiger partial charge >= 0.3 is 0 Å². The summed E-state index contributed by atoms with van der Waals surface area (Å²) in [5, 5.41) is 11.2. The van der Waals surface area contributed by atoms with Crippen LogP contribution in [0.5, 0.6) is 0 Å². The van der Waals surface area contributed by atoms with Gasteiger partial charge in [0.25, 0.3) is 0 Å². The molecule has 0 amide bonds. The summed E-state index contributed by atoms with van der Waals surface area (Å²) in [6.07, 6.45) is 3.70. The maximum absolute atomic E-state index is 8.71. The van der Waals surface area contributed by atoms with Gasteiger partial charge in [-0.2, -0.15) is 0 Å². The van der Waals surface area contributed by atoms with Crippen molar-refractivity contribution in [3.8, 4) is 0 Å². The van der Waals surface area contributed by atoms with E-state index < -0.39 is 0 Å². The Morgan fingerprint density at radius 2 is 1.71 bits per heavy atom. The maximum Gasteiger partial charge on any atom is 0.0615 e. The zero-order chi connectivity index (χ0) is 11.8. The van der Waals surface area contributed by atoms with E-state index in [1.165, 1.54) is 10.8 Å². The van der Waals surface area contributed by atoms with Crippen LogP contribution >= 0.6 is 22.6 Å². The molecule has 0 saturated heterocycles. The molecule has 0 bridgehead atoms. The van der Waals surface area contributed by atoms with Gasteiger partial charge in [0, 0.05) is 19.5 Å². The number of benzene rings is 2. The topological polar surface area (TPSA) is 20.2 Å². The summed E-state index contributed by atoms with van der Waals surface area (Å²) in [5.74, 6) is 0. The van der Waals surface area contributed by atoms with E-state index in [2.05, 4.69) is 29.2 Å². The van der Waals surface area contributed by atoms with Crippen LogP contribution < -0.4 is 0 Å². The molecule has 2 aromatic carbocycles. The number of hydrogen-bond acceptors (Lipinski definition) is 1. The Morgan fingerprint density at radius 3 is 2.41 bits per heavy atom. The normalized spacial score (nSPS) is 9.59. The van der Waals surface area contributed by atoms with E-state index in [1.54, 1.807) is 6.08 Å². The third kappa shape index (κ3) is 4.86. The Morgan fingerprint density at radius 1 is 1.06 bits per heavy atom. The largest absolute Gasteiger partial charge is 0.392 e. The minimum Gasteiger partial charge on any atom is -0.392 e. The van der Waals surface area contributed by atoms with Crippen molar-refractivity contribution in [3.63, 3.8) is 0 Å². The molecule has 2 rings (SSSR count). The summed E-state index contributed by atoms with van der Waals surface area (Å²) < 4.78 is 0. The first-order chi connectivity index (χ1) is 7.92. The smallest absolute Gasteiger partial charge is 0.0615 e. The quantitative estimate of drug-likeness (QED) is 0.466. The Balaban J connectivity index is 0.000000811. The van der Waals surface area contributed by atoms with E-state index in [0.717, 1.165) is 5.56 Å². The average molecular weight is 391 g/mol. The van der Waals surface area contributed by atoms with Gasteiger partial charge in [-0.15, -0.1) is 0 Å². The summed E-state index contributed by atoms with van der Waals surface area (Å²) in [7, 11) is 0. The third-order valence-electron chi connectivity index (χ3n) is 2.23. The van der Waals surface area contributed by atoms with Crippen LogP contribution in [0.15, 0.2) is 48.5 Å². The molecular weight excluding hydrogens is 376 g/mol. The predicted molar refractivity (Wildman–Crippen MR) is 79.4 cm³/mol. The summed E-state index contributed by atoms with van der Waals surface area (Å²) >= 11 is 1.90. The van der Waals surface area contributed by atoms with E-state index in [-0.39, 0.29) is 26.1 Å². The summed E-state index contributed by atoms with van der Waals surface area (Å²) in [4.78, 5) is 3.22. The Bertz CT molecular complexity index is 463. The molecule has 0 unspecified atom stereocenters. The molecule has 3 heteroatoms. The zero-order valence-corrected chi connectivity index (χ0v) is 14.8. The van der Waals surface area contributed by atoms with Crippen molar-refractivity contribution < 1.29 is 24.6 Å². The number of fused-ring (bicyclic) bond motifs is 1. The minimum atomic E-state index is 0.